The van der Waals surface area contributed by atoms with Crippen molar-refractivity contribution in [2.45, 2.75) is 70.7 Å². The SMILES string of the molecule is CC1(C)C[C@@H](NC(=O)[C@@H]2CCc3nccn3C2)C(C)(C)O1. The number of nitrogens with zero attached hydrogens (tertiary/aromatic N) is 2. The van der Waals surface area contributed by atoms with Crippen molar-refractivity contribution in [3.05, 3.63) is 18.2 Å². The monoisotopic (exact) mass is 291 g/mol. The summed E-state index contributed by atoms with van der Waals surface area (Å²) in [7, 11) is 0. The van der Waals surface area contributed by atoms with Gasteiger partial charge in [0, 0.05) is 25.4 Å². The molecule has 5 nitrogen and oxygen atoms in total. The number of rotatable bonds is 2. The minimum Gasteiger partial charge on any atom is -0.367 e. The third kappa shape index (κ3) is 2.84. The van der Waals surface area contributed by atoms with Crippen molar-refractivity contribution < 1.29 is 9.53 Å². The molecule has 21 heavy (non-hydrogen) atoms. The molecule has 116 valence electrons. The summed E-state index contributed by atoms with van der Waals surface area (Å²) in [5.74, 6) is 1.27. The number of amides is 1. The Hall–Kier alpha value is -1.36. The summed E-state index contributed by atoms with van der Waals surface area (Å²) in [4.78, 5) is 16.9. The Bertz CT molecular complexity index is 547. The van der Waals surface area contributed by atoms with Crippen LogP contribution in [0.5, 0.6) is 0 Å². The molecular formula is C16H25N3O2. The van der Waals surface area contributed by atoms with Crippen molar-refractivity contribution in [1.82, 2.24) is 14.9 Å². The Morgan fingerprint density at radius 2 is 2.19 bits per heavy atom. The van der Waals surface area contributed by atoms with E-state index in [1.807, 2.05) is 12.4 Å². The summed E-state index contributed by atoms with van der Waals surface area (Å²) in [5.41, 5.74) is -0.487. The number of ether oxygens (including phenoxy) is 1. The third-order valence-corrected chi connectivity index (χ3v) is 4.70. The molecule has 2 aliphatic heterocycles. The van der Waals surface area contributed by atoms with Crippen LogP contribution in [-0.4, -0.2) is 32.7 Å². The normalized spacial score (nSPS) is 29.9. The smallest absolute Gasteiger partial charge is 0.225 e. The van der Waals surface area contributed by atoms with E-state index in [4.69, 9.17) is 4.74 Å². The van der Waals surface area contributed by atoms with E-state index >= 15 is 0 Å². The second-order valence-corrected chi connectivity index (χ2v) is 7.46. The average Bonchev–Trinajstić information content (AvgIpc) is 2.90. The predicted octanol–water partition coefficient (Wildman–Crippen LogP) is 1.91. The standard InChI is InChI=1S/C16H25N3O2/c1-15(2)9-12(16(3,4)21-15)18-14(20)11-5-6-13-17-7-8-19(13)10-11/h7-8,11-12H,5-6,9-10H2,1-4H3,(H,18,20)/t11-,12-/m1/s1. The second-order valence-electron chi connectivity index (χ2n) is 7.46. The Morgan fingerprint density at radius 3 is 2.86 bits per heavy atom. The van der Waals surface area contributed by atoms with Gasteiger partial charge < -0.3 is 14.6 Å². The van der Waals surface area contributed by atoms with E-state index in [1.54, 1.807) is 0 Å². The molecule has 1 aromatic rings. The van der Waals surface area contributed by atoms with Gasteiger partial charge in [-0.05, 0) is 40.5 Å². The minimum absolute atomic E-state index is 0.0335. The van der Waals surface area contributed by atoms with E-state index in [1.165, 1.54) is 0 Å². The van der Waals surface area contributed by atoms with Gasteiger partial charge in [-0.15, -0.1) is 0 Å². The second kappa shape index (κ2) is 4.83. The zero-order valence-corrected chi connectivity index (χ0v) is 13.3. The molecule has 2 aliphatic rings. The van der Waals surface area contributed by atoms with Gasteiger partial charge in [0.15, 0.2) is 0 Å². The molecule has 0 bridgehead atoms. The summed E-state index contributed by atoms with van der Waals surface area (Å²) in [6.45, 7) is 9.01. The molecular weight excluding hydrogens is 266 g/mol. The highest BCUT2D eigenvalue weighted by Gasteiger charge is 2.47. The number of hydrogen-bond acceptors (Lipinski definition) is 3. The van der Waals surface area contributed by atoms with Crippen molar-refractivity contribution in [3.63, 3.8) is 0 Å². The summed E-state index contributed by atoms with van der Waals surface area (Å²) >= 11 is 0. The number of nitrogens with one attached hydrogen (secondary N) is 1. The first-order chi connectivity index (χ1) is 9.77. The van der Waals surface area contributed by atoms with E-state index in [0.29, 0.717) is 0 Å². The number of imidazole rings is 1. The van der Waals surface area contributed by atoms with Crippen LogP contribution in [0.15, 0.2) is 12.4 Å². The molecule has 1 aromatic heterocycles. The van der Waals surface area contributed by atoms with Crippen molar-refractivity contribution in [3.8, 4) is 0 Å². The lowest BCUT2D eigenvalue weighted by Crippen LogP contribution is -2.49. The molecule has 3 heterocycles. The predicted molar refractivity (Wildman–Crippen MR) is 79.8 cm³/mol. The Balaban J connectivity index is 1.65. The van der Waals surface area contributed by atoms with Gasteiger partial charge in [-0.3, -0.25) is 4.79 Å². The van der Waals surface area contributed by atoms with Crippen LogP contribution in [0.4, 0.5) is 0 Å². The molecule has 5 heteroatoms. The third-order valence-electron chi connectivity index (χ3n) is 4.70. The van der Waals surface area contributed by atoms with Gasteiger partial charge >= 0.3 is 0 Å². The highest BCUT2D eigenvalue weighted by Crippen LogP contribution is 2.37. The Kier molecular flexibility index (Phi) is 3.35. The van der Waals surface area contributed by atoms with Crippen LogP contribution in [0.1, 0.15) is 46.4 Å². The Morgan fingerprint density at radius 1 is 1.43 bits per heavy atom. The summed E-state index contributed by atoms with van der Waals surface area (Å²) in [5, 5.41) is 3.22. The quantitative estimate of drug-likeness (QED) is 0.905. The summed E-state index contributed by atoms with van der Waals surface area (Å²) in [6.07, 6.45) is 6.38. The molecule has 1 amide bonds. The van der Waals surface area contributed by atoms with Gasteiger partial charge in [-0.25, -0.2) is 4.98 Å². The van der Waals surface area contributed by atoms with Crippen LogP contribution in [0.3, 0.4) is 0 Å². The number of carbonyl (C=O) groups is 1. The average molecular weight is 291 g/mol. The first-order valence-corrected chi connectivity index (χ1v) is 7.77. The molecule has 0 unspecified atom stereocenters. The highest BCUT2D eigenvalue weighted by atomic mass is 16.5. The highest BCUT2D eigenvalue weighted by molar-refractivity contribution is 5.79. The topological polar surface area (TPSA) is 56.2 Å². The van der Waals surface area contributed by atoms with Gasteiger partial charge in [0.05, 0.1) is 23.2 Å². The van der Waals surface area contributed by atoms with Crippen LogP contribution in [0, 0.1) is 5.92 Å². The first-order valence-electron chi connectivity index (χ1n) is 7.77. The molecule has 0 aliphatic carbocycles. The number of fused-ring (bicyclic) bond motifs is 1. The Labute approximate surface area is 126 Å². The summed E-state index contributed by atoms with van der Waals surface area (Å²) < 4.78 is 8.14. The molecule has 0 radical (unpaired) electrons. The molecule has 0 spiro atoms. The zero-order valence-electron chi connectivity index (χ0n) is 13.3. The van der Waals surface area contributed by atoms with Crippen molar-refractivity contribution in [2.24, 2.45) is 5.92 Å². The maximum Gasteiger partial charge on any atom is 0.225 e. The summed E-state index contributed by atoms with van der Waals surface area (Å²) in [6, 6.07) is 0.0733. The van der Waals surface area contributed by atoms with Crippen molar-refractivity contribution in [2.75, 3.05) is 0 Å². The van der Waals surface area contributed by atoms with Crippen LogP contribution in [-0.2, 0) is 22.5 Å². The van der Waals surface area contributed by atoms with Gasteiger partial charge in [0.25, 0.3) is 0 Å². The molecule has 0 aromatic carbocycles. The number of hydrogen-bond donors (Lipinski definition) is 1. The van der Waals surface area contributed by atoms with Crippen LogP contribution in [0.25, 0.3) is 0 Å². The van der Waals surface area contributed by atoms with Gasteiger partial charge in [0.2, 0.25) is 5.91 Å². The van der Waals surface area contributed by atoms with E-state index in [2.05, 4.69) is 42.6 Å². The fourth-order valence-corrected chi connectivity index (χ4v) is 3.66. The lowest BCUT2D eigenvalue weighted by atomic mass is 9.92. The number of carbonyl (C=O) groups excluding carboxylic acids is 1. The first kappa shape index (κ1) is 14.6. The van der Waals surface area contributed by atoms with E-state index in [9.17, 15) is 4.79 Å². The fraction of sp³-hybridized carbons (Fsp3) is 0.750. The lowest BCUT2D eigenvalue weighted by Gasteiger charge is -2.30. The maximum absolute atomic E-state index is 12.6. The molecule has 1 N–H and O–H groups in total. The van der Waals surface area contributed by atoms with E-state index < -0.39 is 0 Å². The molecule has 1 fully saturated rings. The van der Waals surface area contributed by atoms with Crippen LogP contribution in [0.2, 0.25) is 0 Å². The minimum atomic E-state index is -0.312. The van der Waals surface area contributed by atoms with Crippen LogP contribution < -0.4 is 5.32 Å². The molecule has 3 rings (SSSR count). The maximum atomic E-state index is 12.6. The van der Waals surface area contributed by atoms with Gasteiger partial charge in [-0.1, -0.05) is 0 Å². The molecule has 1 saturated heterocycles. The van der Waals surface area contributed by atoms with Crippen molar-refractivity contribution in [1.29, 1.82) is 0 Å². The lowest BCUT2D eigenvalue weighted by molar-refractivity contribution is -0.128. The largest absolute Gasteiger partial charge is 0.367 e. The molecule has 0 saturated carbocycles. The van der Waals surface area contributed by atoms with Gasteiger partial charge in [0.1, 0.15) is 5.82 Å². The number of aromatic nitrogens is 2. The fourth-order valence-electron chi connectivity index (χ4n) is 3.66. The zero-order chi connectivity index (χ0) is 15.3. The van der Waals surface area contributed by atoms with E-state index in [0.717, 1.165) is 31.6 Å². The molecule has 2 atom stereocenters. The van der Waals surface area contributed by atoms with E-state index in [-0.39, 0.29) is 29.1 Å². The van der Waals surface area contributed by atoms with Crippen LogP contribution >= 0.6 is 0 Å². The van der Waals surface area contributed by atoms with Gasteiger partial charge in [-0.2, -0.15) is 0 Å². The number of aryl methyl sites for hydroxylation is 1. The van der Waals surface area contributed by atoms with Crippen molar-refractivity contribution >= 4 is 5.91 Å².